The molecular weight excluding hydrogens is 306 g/mol. The molecule has 2 aromatic carbocycles. The van der Waals surface area contributed by atoms with E-state index in [0.29, 0.717) is 13.2 Å². The van der Waals surface area contributed by atoms with Crippen molar-refractivity contribution in [1.29, 1.82) is 0 Å². The fraction of sp³-hybridized carbons (Fsp3) is 0.368. The molecule has 5 heteroatoms. The molecule has 24 heavy (non-hydrogen) atoms. The maximum Gasteiger partial charge on any atom is 0.121 e. The lowest BCUT2D eigenvalue weighted by atomic mass is 10.1. The molecule has 0 N–H and O–H groups in total. The van der Waals surface area contributed by atoms with Gasteiger partial charge in [0.15, 0.2) is 0 Å². The Hall–Kier alpha value is -2.24. The van der Waals surface area contributed by atoms with E-state index in [0.717, 1.165) is 35.7 Å². The second-order valence-corrected chi connectivity index (χ2v) is 6.45. The highest BCUT2D eigenvalue weighted by atomic mass is 16.6. The molecule has 0 radical (unpaired) electrons. The fourth-order valence-electron chi connectivity index (χ4n) is 3.05. The molecule has 0 amide bonds. The number of nitrogens with zero attached hydrogens (tertiary/aromatic N) is 1. The Morgan fingerprint density at radius 3 is 1.75 bits per heavy atom. The van der Waals surface area contributed by atoms with Crippen LogP contribution in [0.4, 0.5) is 0 Å². The summed E-state index contributed by atoms with van der Waals surface area (Å²) in [5.41, 5.74) is 2.31. The Morgan fingerprint density at radius 1 is 0.875 bits per heavy atom. The molecule has 0 aliphatic carbocycles. The molecule has 2 atom stereocenters. The highest BCUT2D eigenvalue weighted by molar-refractivity contribution is 6.08. The quantitative estimate of drug-likeness (QED) is 0.654. The first-order chi connectivity index (χ1) is 11.8. The molecule has 0 saturated carbocycles. The summed E-state index contributed by atoms with van der Waals surface area (Å²) >= 11 is 0. The molecule has 2 fully saturated rings. The highest BCUT2D eigenvalue weighted by Gasteiger charge is 2.24. The number of fused-ring (bicyclic) bond motifs is 3. The van der Waals surface area contributed by atoms with Crippen molar-refractivity contribution in [3.63, 3.8) is 0 Å². The summed E-state index contributed by atoms with van der Waals surface area (Å²) in [7, 11) is 2.08. The lowest BCUT2D eigenvalue weighted by Gasteiger charge is -2.05. The van der Waals surface area contributed by atoms with Crippen LogP contribution in [0.5, 0.6) is 11.5 Å². The Morgan fingerprint density at radius 2 is 1.33 bits per heavy atom. The maximum atomic E-state index is 5.81. The summed E-state index contributed by atoms with van der Waals surface area (Å²) in [5, 5.41) is 2.44. The van der Waals surface area contributed by atoms with Crippen LogP contribution in [0.3, 0.4) is 0 Å². The van der Waals surface area contributed by atoms with Gasteiger partial charge in [0.1, 0.15) is 36.9 Å². The number of epoxide rings is 2. The fourth-order valence-corrected chi connectivity index (χ4v) is 3.05. The van der Waals surface area contributed by atoms with Gasteiger partial charge in [0.25, 0.3) is 0 Å². The van der Waals surface area contributed by atoms with Crippen molar-refractivity contribution in [2.24, 2.45) is 7.05 Å². The molecule has 3 heterocycles. The number of aryl methyl sites for hydroxylation is 1. The minimum Gasteiger partial charge on any atom is -0.491 e. The van der Waals surface area contributed by atoms with E-state index in [-0.39, 0.29) is 12.2 Å². The van der Waals surface area contributed by atoms with E-state index in [1.54, 1.807) is 0 Å². The SMILES string of the molecule is Cn1c2cc(OCC3CO3)ccc2c2ccc(OCC3CO3)cc21. The van der Waals surface area contributed by atoms with E-state index < -0.39 is 0 Å². The minimum atomic E-state index is 0.267. The lowest BCUT2D eigenvalue weighted by Crippen LogP contribution is -2.04. The van der Waals surface area contributed by atoms with Crippen LogP contribution in [0.2, 0.25) is 0 Å². The van der Waals surface area contributed by atoms with Crippen LogP contribution in [0.25, 0.3) is 21.8 Å². The second-order valence-electron chi connectivity index (χ2n) is 6.45. The molecule has 5 rings (SSSR count). The summed E-state index contributed by atoms with van der Waals surface area (Å²) in [6.45, 7) is 2.86. The van der Waals surface area contributed by atoms with Crippen LogP contribution in [-0.2, 0) is 16.5 Å². The Bertz CT molecular complexity index is 835. The van der Waals surface area contributed by atoms with E-state index >= 15 is 0 Å². The van der Waals surface area contributed by atoms with Gasteiger partial charge in [-0.3, -0.25) is 0 Å². The van der Waals surface area contributed by atoms with Crippen molar-refractivity contribution in [1.82, 2.24) is 4.57 Å². The van der Waals surface area contributed by atoms with Crippen molar-refractivity contribution >= 4 is 21.8 Å². The summed E-state index contributed by atoms with van der Waals surface area (Å²) in [4.78, 5) is 0. The number of hydrogen-bond acceptors (Lipinski definition) is 4. The largest absolute Gasteiger partial charge is 0.491 e. The van der Waals surface area contributed by atoms with Crippen molar-refractivity contribution in [2.45, 2.75) is 12.2 Å². The first kappa shape index (κ1) is 14.1. The highest BCUT2D eigenvalue weighted by Crippen LogP contribution is 2.33. The normalized spacial score (nSPS) is 22.0. The van der Waals surface area contributed by atoms with Crippen LogP contribution in [0.15, 0.2) is 36.4 Å². The molecule has 1 aromatic heterocycles. The van der Waals surface area contributed by atoms with Crippen molar-refractivity contribution in [2.75, 3.05) is 26.4 Å². The lowest BCUT2D eigenvalue weighted by molar-refractivity contribution is 0.263. The Labute approximate surface area is 139 Å². The summed E-state index contributed by atoms with van der Waals surface area (Å²) in [6, 6.07) is 12.5. The van der Waals surface area contributed by atoms with Gasteiger partial charge in [-0.1, -0.05) is 0 Å². The summed E-state index contributed by atoms with van der Waals surface area (Å²) in [6.07, 6.45) is 0.534. The van der Waals surface area contributed by atoms with Gasteiger partial charge in [0, 0.05) is 30.0 Å². The summed E-state index contributed by atoms with van der Waals surface area (Å²) in [5.74, 6) is 1.76. The van der Waals surface area contributed by atoms with E-state index in [9.17, 15) is 0 Å². The molecule has 5 nitrogen and oxygen atoms in total. The van der Waals surface area contributed by atoms with Crippen LogP contribution in [0, 0.1) is 0 Å². The minimum absolute atomic E-state index is 0.267. The van der Waals surface area contributed by atoms with E-state index in [4.69, 9.17) is 18.9 Å². The zero-order chi connectivity index (χ0) is 16.1. The van der Waals surface area contributed by atoms with Gasteiger partial charge in [0.2, 0.25) is 0 Å². The van der Waals surface area contributed by atoms with Gasteiger partial charge in [-0.2, -0.15) is 0 Å². The monoisotopic (exact) mass is 325 g/mol. The van der Waals surface area contributed by atoms with Crippen LogP contribution in [0.1, 0.15) is 0 Å². The maximum absolute atomic E-state index is 5.81. The van der Waals surface area contributed by atoms with Gasteiger partial charge >= 0.3 is 0 Å². The zero-order valence-corrected chi connectivity index (χ0v) is 13.5. The van der Waals surface area contributed by atoms with E-state index in [2.05, 4.69) is 35.9 Å². The van der Waals surface area contributed by atoms with Gasteiger partial charge in [-0.05, 0) is 24.3 Å². The topological polar surface area (TPSA) is 48.5 Å². The predicted molar refractivity (Wildman–Crippen MR) is 90.9 cm³/mol. The number of aromatic nitrogens is 1. The first-order valence-electron chi connectivity index (χ1n) is 8.29. The number of rotatable bonds is 6. The predicted octanol–water partition coefficient (Wildman–Crippen LogP) is 2.89. The molecular formula is C19H19NO4. The second kappa shape index (κ2) is 5.40. The number of ether oxygens (including phenoxy) is 4. The summed E-state index contributed by atoms with van der Waals surface area (Å²) < 4.78 is 24.2. The average molecular weight is 325 g/mol. The van der Waals surface area contributed by atoms with Gasteiger partial charge in [-0.25, -0.2) is 0 Å². The third kappa shape index (κ3) is 2.60. The third-order valence-corrected chi connectivity index (χ3v) is 4.63. The van der Waals surface area contributed by atoms with E-state index in [1.165, 1.54) is 10.8 Å². The number of benzene rings is 2. The zero-order valence-electron chi connectivity index (χ0n) is 13.5. The Balaban J connectivity index is 1.49. The molecule has 3 aromatic rings. The van der Waals surface area contributed by atoms with Crippen LogP contribution >= 0.6 is 0 Å². The molecule has 124 valence electrons. The van der Waals surface area contributed by atoms with Crippen molar-refractivity contribution in [3.05, 3.63) is 36.4 Å². The van der Waals surface area contributed by atoms with Gasteiger partial charge < -0.3 is 23.5 Å². The van der Waals surface area contributed by atoms with Crippen LogP contribution in [-0.4, -0.2) is 43.2 Å². The smallest absolute Gasteiger partial charge is 0.121 e. The number of hydrogen-bond donors (Lipinski definition) is 0. The third-order valence-electron chi connectivity index (χ3n) is 4.63. The Kier molecular flexibility index (Phi) is 3.18. The molecule has 2 aliphatic heterocycles. The van der Waals surface area contributed by atoms with Gasteiger partial charge in [-0.15, -0.1) is 0 Å². The van der Waals surface area contributed by atoms with Crippen LogP contribution < -0.4 is 9.47 Å². The molecule has 2 unspecified atom stereocenters. The van der Waals surface area contributed by atoms with Crippen molar-refractivity contribution in [3.8, 4) is 11.5 Å². The standard InChI is InChI=1S/C19H19NO4/c1-20-18-6-12(21-8-14-10-23-14)2-4-16(18)17-5-3-13(7-19(17)20)22-9-15-11-24-15/h2-7,14-15H,8-11H2,1H3. The van der Waals surface area contributed by atoms with Crippen molar-refractivity contribution < 1.29 is 18.9 Å². The average Bonchev–Trinajstić information content (AvgIpc) is 3.52. The molecule has 0 spiro atoms. The van der Waals surface area contributed by atoms with Gasteiger partial charge in [0.05, 0.1) is 24.2 Å². The first-order valence-corrected chi connectivity index (χ1v) is 8.29. The molecule has 2 aliphatic rings. The van der Waals surface area contributed by atoms with E-state index in [1.807, 2.05) is 12.1 Å². The molecule has 0 bridgehead atoms. The molecule has 2 saturated heterocycles.